The van der Waals surface area contributed by atoms with Crippen LogP contribution in [-0.4, -0.2) is 17.9 Å². The van der Waals surface area contributed by atoms with Crippen LogP contribution in [0.4, 0.5) is 13.2 Å². The molecule has 1 atom stereocenters. The summed E-state index contributed by atoms with van der Waals surface area (Å²) in [6.07, 6.45) is 3.32. The Morgan fingerprint density at radius 2 is 0.925 bits per heavy atom. The van der Waals surface area contributed by atoms with E-state index in [9.17, 15) is 27.6 Å². The van der Waals surface area contributed by atoms with E-state index in [-0.39, 0.29) is 16.7 Å². The zero-order valence-electron chi connectivity index (χ0n) is 20.6. The normalized spacial score (nSPS) is 13.8. The second kappa shape index (κ2) is 11.3. The monoisotopic (exact) mass is 580 g/mol. The maximum atomic E-state index is 13.5. The Labute approximate surface area is 231 Å². The summed E-state index contributed by atoms with van der Waals surface area (Å²) < 4.78 is 57.3. The summed E-state index contributed by atoms with van der Waals surface area (Å²) in [7, 11) is 0. The summed E-state index contributed by atoms with van der Waals surface area (Å²) in [6.45, 7) is 0. The van der Waals surface area contributed by atoms with Crippen molar-refractivity contribution in [2.24, 2.45) is 0 Å². The van der Waals surface area contributed by atoms with Crippen molar-refractivity contribution in [2.45, 2.75) is 4.22 Å². The fourth-order valence-corrected chi connectivity index (χ4v) is 8.21. The minimum atomic E-state index is -5.54. The molecular formula is C30H19F3O6Ti. The predicted molar refractivity (Wildman–Crippen MR) is 134 cm³/mol. The average Bonchev–Trinajstić information content (AvgIpc) is 3.39. The zero-order valence-corrected chi connectivity index (χ0v) is 22.1. The quantitative estimate of drug-likeness (QED) is 0.228. The topological polar surface area (TPSA) is 78.9 Å². The molecule has 0 bridgehead atoms. The second-order valence-corrected chi connectivity index (χ2v) is 12.6. The Morgan fingerprint density at radius 1 is 0.550 bits per heavy atom. The molecule has 5 rings (SSSR count). The van der Waals surface area contributed by atoms with E-state index >= 15 is 0 Å². The molecule has 0 saturated carbocycles. The van der Waals surface area contributed by atoms with E-state index in [1.807, 2.05) is 0 Å². The van der Waals surface area contributed by atoms with Gasteiger partial charge in [-0.25, -0.2) is 0 Å². The van der Waals surface area contributed by atoms with Crippen molar-refractivity contribution in [3.05, 3.63) is 148 Å². The first-order valence-corrected chi connectivity index (χ1v) is 14.8. The van der Waals surface area contributed by atoms with Gasteiger partial charge in [-0.05, 0) is 0 Å². The minimum absolute atomic E-state index is 0.0812. The van der Waals surface area contributed by atoms with Crippen molar-refractivity contribution >= 4 is 24.0 Å². The van der Waals surface area contributed by atoms with Gasteiger partial charge in [0.25, 0.3) is 0 Å². The van der Waals surface area contributed by atoms with Gasteiger partial charge in [0, 0.05) is 0 Å². The van der Waals surface area contributed by atoms with Crippen LogP contribution >= 0.6 is 0 Å². The molecule has 4 aromatic carbocycles. The van der Waals surface area contributed by atoms with Crippen molar-refractivity contribution in [3.8, 4) is 0 Å². The van der Waals surface area contributed by atoms with Gasteiger partial charge in [-0.1, -0.05) is 0 Å². The van der Waals surface area contributed by atoms with Crippen LogP contribution in [0, 0.1) is 17.5 Å². The van der Waals surface area contributed by atoms with E-state index in [1.54, 1.807) is 36.4 Å². The van der Waals surface area contributed by atoms with E-state index in [0.29, 0.717) is 5.56 Å². The molecule has 0 heterocycles. The average molecular weight is 580 g/mol. The first-order valence-electron chi connectivity index (χ1n) is 12.0. The third-order valence-electron chi connectivity index (χ3n) is 6.12. The predicted octanol–water partition coefficient (Wildman–Crippen LogP) is 6.64. The van der Waals surface area contributed by atoms with E-state index in [0.717, 1.165) is 42.0 Å². The number of allylic oxidation sites excluding steroid dienone is 1. The van der Waals surface area contributed by atoms with Gasteiger partial charge in [0.15, 0.2) is 0 Å². The summed E-state index contributed by atoms with van der Waals surface area (Å²) in [6, 6.07) is 20.3. The summed E-state index contributed by atoms with van der Waals surface area (Å²) in [5, 5.41) is 0. The first-order chi connectivity index (χ1) is 19.2. The summed E-state index contributed by atoms with van der Waals surface area (Å²) in [5.41, 5.74) is 1.05. The van der Waals surface area contributed by atoms with Gasteiger partial charge >= 0.3 is 232 Å². The molecule has 0 radical (unpaired) electrons. The molecule has 0 saturated heterocycles. The maximum absolute atomic E-state index is 13.5. The van der Waals surface area contributed by atoms with Gasteiger partial charge in [-0.3, -0.25) is 0 Å². The van der Waals surface area contributed by atoms with Gasteiger partial charge in [0.2, 0.25) is 0 Å². The van der Waals surface area contributed by atoms with Crippen LogP contribution in [0.5, 0.6) is 0 Å². The van der Waals surface area contributed by atoms with Crippen LogP contribution in [0.25, 0.3) is 6.08 Å². The molecule has 40 heavy (non-hydrogen) atoms. The number of halogens is 3. The fraction of sp³-hybridized carbons (Fsp3) is 0.0333. The Bertz CT molecular complexity index is 1460. The van der Waals surface area contributed by atoms with E-state index in [4.69, 9.17) is 9.96 Å². The molecule has 0 aromatic heterocycles. The molecule has 6 nitrogen and oxygen atoms in total. The molecule has 1 aliphatic carbocycles. The van der Waals surface area contributed by atoms with Crippen LogP contribution in [-0.2, 0) is 27.7 Å². The van der Waals surface area contributed by atoms with Crippen LogP contribution in [0.15, 0.2) is 103 Å². The standard InChI is InChI=1S/C9H7.3C7H5FO2.Ti/c1-2-5-9-7-3-6-8(9)4-1;3*8-6-3-1-5(2-4-6)7(9)10;/h1-7H;3*1-4H,(H,9,10);/q;;;;+3/p-3. The van der Waals surface area contributed by atoms with Crippen LogP contribution < -0.4 is 0 Å². The zero-order chi connectivity index (χ0) is 28.3. The molecule has 0 fully saturated rings. The van der Waals surface area contributed by atoms with Gasteiger partial charge in [0.1, 0.15) is 0 Å². The third kappa shape index (κ3) is 5.76. The Kier molecular flexibility index (Phi) is 7.68. The summed E-state index contributed by atoms with van der Waals surface area (Å²) >= 11 is -5.54. The number of benzene rings is 4. The summed E-state index contributed by atoms with van der Waals surface area (Å²) in [4.78, 5) is 40.1. The van der Waals surface area contributed by atoms with Gasteiger partial charge in [-0.15, -0.1) is 0 Å². The van der Waals surface area contributed by atoms with Crippen molar-refractivity contribution in [1.29, 1.82) is 0 Å². The van der Waals surface area contributed by atoms with Gasteiger partial charge in [0.05, 0.1) is 0 Å². The Morgan fingerprint density at radius 3 is 1.32 bits per heavy atom. The van der Waals surface area contributed by atoms with E-state index < -0.39 is 57.3 Å². The molecule has 0 spiro atoms. The number of rotatable bonds is 7. The Hall–Kier alpha value is -4.47. The Balaban J connectivity index is 1.62. The fourth-order valence-electron chi connectivity index (χ4n) is 4.13. The van der Waals surface area contributed by atoms with Crippen LogP contribution in [0.1, 0.15) is 46.4 Å². The molecular weight excluding hydrogens is 561 g/mol. The number of carbonyl (C=O) groups excluding carboxylic acids is 3. The van der Waals surface area contributed by atoms with Crippen molar-refractivity contribution in [2.75, 3.05) is 0 Å². The first kappa shape index (κ1) is 27.1. The SMILES string of the molecule is O=C([O][Ti]([O]C(=O)c1ccc(F)cc1)([O]C(=O)c1ccc(F)cc1)[CH]1C=Cc2ccccc21)c1ccc(F)cc1. The third-order valence-corrected chi connectivity index (χ3v) is 10.3. The van der Waals surface area contributed by atoms with Crippen LogP contribution in [0.3, 0.4) is 0 Å². The number of hydrogen-bond acceptors (Lipinski definition) is 6. The van der Waals surface area contributed by atoms with E-state index in [2.05, 4.69) is 0 Å². The van der Waals surface area contributed by atoms with Gasteiger partial charge in [-0.2, -0.15) is 0 Å². The molecule has 0 aliphatic heterocycles. The number of hydrogen-bond donors (Lipinski definition) is 0. The van der Waals surface area contributed by atoms with Crippen molar-refractivity contribution < 1.29 is 55.3 Å². The van der Waals surface area contributed by atoms with E-state index in [1.165, 1.54) is 36.4 Å². The summed E-state index contributed by atoms with van der Waals surface area (Å²) in [5.74, 6) is -4.84. The molecule has 200 valence electrons. The van der Waals surface area contributed by atoms with Gasteiger partial charge < -0.3 is 0 Å². The van der Waals surface area contributed by atoms with Crippen molar-refractivity contribution in [1.82, 2.24) is 0 Å². The molecule has 1 aliphatic rings. The second-order valence-electron chi connectivity index (χ2n) is 8.76. The van der Waals surface area contributed by atoms with Crippen molar-refractivity contribution in [3.63, 3.8) is 0 Å². The molecule has 4 aromatic rings. The van der Waals surface area contributed by atoms with Crippen LogP contribution in [0.2, 0.25) is 0 Å². The molecule has 0 N–H and O–H groups in total. The number of carbonyl (C=O) groups is 3. The molecule has 10 heteroatoms. The number of fused-ring (bicyclic) bond motifs is 1. The molecule has 1 unspecified atom stereocenters. The molecule has 0 amide bonds.